The van der Waals surface area contributed by atoms with Crippen LogP contribution in [0.2, 0.25) is 0 Å². The molecule has 2 rings (SSSR count). The molecule has 1 unspecified atom stereocenters. The van der Waals surface area contributed by atoms with Crippen LogP contribution in [-0.4, -0.2) is 28.6 Å². The molecule has 1 atom stereocenters. The minimum Gasteiger partial charge on any atom is -0.316 e. The van der Waals surface area contributed by atoms with Crippen LogP contribution in [0.15, 0.2) is 46.0 Å². The lowest BCUT2D eigenvalue weighted by Crippen LogP contribution is -2.28. The monoisotopic (exact) mass is 353 g/mol. The predicted octanol–water partition coefficient (Wildman–Crippen LogP) is 3.50. The summed E-state index contributed by atoms with van der Waals surface area (Å²) >= 11 is 5.41. The van der Waals surface area contributed by atoms with Crippen LogP contribution in [0.25, 0.3) is 0 Å². The summed E-state index contributed by atoms with van der Waals surface area (Å²) < 4.78 is 3.00. The lowest BCUT2D eigenvalue weighted by Gasteiger charge is -2.15. The summed E-state index contributed by atoms with van der Waals surface area (Å²) in [7, 11) is 4.00. The van der Waals surface area contributed by atoms with Crippen LogP contribution < -0.4 is 5.32 Å². The Morgan fingerprint density at radius 2 is 2.30 bits per heavy atom. The van der Waals surface area contributed by atoms with Crippen molar-refractivity contribution < 1.29 is 0 Å². The van der Waals surface area contributed by atoms with Crippen molar-refractivity contribution in [2.24, 2.45) is 7.05 Å². The van der Waals surface area contributed by atoms with Gasteiger partial charge in [-0.3, -0.25) is 4.68 Å². The molecule has 108 valence electrons. The van der Waals surface area contributed by atoms with Crippen molar-refractivity contribution >= 4 is 27.7 Å². The number of aromatic nitrogens is 2. The molecule has 0 aliphatic rings. The van der Waals surface area contributed by atoms with Crippen LogP contribution in [0, 0.1) is 0 Å². The number of hydrogen-bond acceptors (Lipinski definition) is 3. The van der Waals surface area contributed by atoms with Gasteiger partial charge in [0.05, 0.1) is 6.20 Å². The standard InChI is InChI=1S/C15H20BrN3S/c1-17-14(7-6-12-9-18-19(2)10-12)11-20-15-5-3-4-13(16)8-15/h3-5,8-10,14,17H,6-7,11H2,1-2H3. The van der Waals surface area contributed by atoms with Gasteiger partial charge >= 0.3 is 0 Å². The molecule has 3 nitrogen and oxygen atoms in total. The van der Waals surface area contributed by atoms with E-state index in [1.165, 1.54) is 10.5 Å². The molecule has 20 heavy (non-hydrogen) atoms. The Bertz CT molecular complexity index is 541. The van der Waals surface area contributed by atoms with Crippen molar-refractivity contribution in [2.75, 3.05) is 12.8 Å². The summed E-state index contributed by atoms with van der Waals surface area (Å²) in [6.07, 6.45) is 6.24. The minimum atomic E-state index is 0.513. The van der Waals surface area contributed by atoms with Gasteiger partial charge in [0.2, 0.25) is 0 Å². The molecule has 0 aliphatic carbocycles. The van der Waals surface area contributed by atoms with E-state index in [9.17, 15) is 0 Å². The van der Waals surface area contributed by atoms with Crippen molar-refractivity contribution in [3.8, 4) is 0 Å². The third kappa shape index (κ3) is 4.96. The lowest BCUT2D eigenvalue weighted by molar-refractivity contribution is 0.572. The molecule has 5 heteroatoms. The number of rotatable bonds is 7. The van der Waals surface area contributed by atoms with Gasteiger partial charge in [0.25, 0.3) is 0 Å². The predicted molar refractivity (Wildman–Crippen MR) is 89.2 cm³/mol. The van der Waals surface area contributed by atoms with Crippen LogP contribution in [0.1, 0.15) is 12.0 Å². The Kier molecular flexibility index (Phi) is 6.13. The topological polar surface area (TPSA) is 29.9 Å². The average molecular weight is 354 g/mol. The second kappa shape index (κ2) is 7.86. The van der Waals surface area contributed by atoms with Gasteiger partial charge in [0.1, 0.15) is 0 Å². The molecular weight excluding hydrogens is 334 g/mol. The molecule has 1 aromatic heterocycles. The molecule has 0 radical (unpaired) electrons. The highest BCUT2D eigenvalue weighted by Gasteiger charge is 2.08. The molecule has 0 saturated carbocycles. The number of aryl methyl sites for hydroxylation is 2. The van der Waals surface area contributed by atoms with E-state index in [0.29, 0.717) is 6.04 Å². The molecule has 1 heterocycles. The van der Waals surface area contributed by atoms with E-state index in [0.717, 1.165) is 23.1 Å². The molecular formula is C15H20BrN3S. The number of nitrogens with one attached hydrogen (secondary N) is 1. The van der Waals surface area contributed by atoms with Gasteiger partial charge in [0.15, 0.2) is 0 Å². The highest BCUT2D eigenvalue weighted by Crippen LogP contribution is 2.23. The fourth-order valence-electron chi connectivity index (χ4n) is 2.01. The molecule has 2 aromatic rings. The number of nitrogens with zero attached hydrogens (tertiary/aromatic N) is 2. The zero-order chi connectivity index (χ0) is 14.4. The van der Waals surface area contributed by atoms with Gasteiger partial charge in [-0.05, 0) is 43.7 Å². The van der Waals surface area contributed by atoms with E-state index in [2.05, 4.69) is 56.8 Å². The van der Waals surface area contributed by atoms with Gasteiger partial charge in [-0.15, -0.1) is 11.8 Å². The van der Waals surface area contributed by atoms with Crippen molar-refractivity contribution in [1.29, 1.82) is 0 Å². The van der Waals surface area contributed by atoms with E-state index in [1.54, 1.807) is 0 Å². The number of thioether (sulfide) groups is 1. The summed E-state index contributed by atoms with van der Waals surface area (Å²) in [6.45, 7) is 0. The SMILES string of the molecule is CNC(CCc1cnn(C)c1)CSc1cccc(Br)c1. The maximum atomic E-state index is 4.21. The van der Waals surface area contributed by atoms with Crippen LogP contribution in [0.5, 0.6) is 0 Å². The van der Waals surface area contributed by atoms with Crippen molar-refractivity contribution in [2.45, 2.75) is 23.8 Å². The van der Waals surface area contributed by atoms with E-state index in [-0.39, 0.29) is 0 Å². The van der Waals surface area contributed by atoms with Gasteiger partial charge in [-0.1, -0.05) is 22.0 Å². The largest absolute Gasteiger partial charge is 0.316 e. The molecule has 0 spiro atoms. The summed E-state index contributed by atoms with van der Waals surface area (Å²) in [5.41, 5.74) is 1.31. The smallest absolute Gasteiger partial charge is 0.0521 e. The van der Waals surface area contributed by atoms with Gasteiger partial charge < -0.3 is 5.32 Å². The van der Waals surface area contributed by atoms with Crippen LogP contribution >= 0.6 is 27.7 Å². The fraction of sp³-hybridized carbons (Fsp3) is 0.400. The maximum absolute atomic E-state index is 4.21. The first-order chi connectivity index (χ1) is 9.67. The van der Waals surface area contributed by atoms with Crippen LogP contribution in [0.3, 0.4) is 0 Å². The molecule has 0 fully saturated rings. The number of benzene rings is 1. The minimum absolute atomic E-state index is 0.513. The summed E-state index contributed by atoms with van der Waals surface area (Å²) in [5, 5.41) is 7.61. The number of halogens is 1. The van der Waals surface area contributed by atoms with Gasteiger partial charge in [-0.2, -0.15) is 5.10 Å². The third-order valence-electron chi connectivity index (χ3n) is 3.20. The number of hydrogen-bond donors (Lipinski definition) is 1. The van der Waals surface area contributed by atoms with E-state index >= 15 is 0 Å². The normalized spacial score (nSPS) is 12.6. The molecule has 0 saturated heterocycles. The molecule has 0 aliphatic heterocycles. The Labute approximate surface area is 133 Å². The second-order valence-electron chi connectivity index (χ2n) is 4.81. The molecule has 1 aromatic carbocycles. The zero-order valence-electron chi connectivity index (χ0n) is 11.8. The van der Waals surface area contributed by atoms with Gasteiger partial charge in [-0.25, -0.2) is 0 Å². The average Bonchev–Trinajstić information content (AvgIpc) is 2.85. The third-order valence-corrected chi connectivity index (χ3v) is 4.84. The Morgan fingerprint density at radius 3 is 2.95 bits per heavy atom. The molecule has 1 N–H and O–H groups in total. The fourth-order valence-corrected chi connectivity index (χ4v) is 3.67. The van der Waals surface area contributed by atoms with Crippen LogP contribution in [-0.2, 0) is 13.5 Å². The lowest BCUT2D eigenvalue weighted by atomic mass is 10.1. The quantitative estimate of drug-likeness (QED) is 0.772. The first kappa shape index (κ1) is 15.6. The Balaban J connectivity index is 1.80. The van der Waals surface area contributed by atoms with E-state index in [1.807, 2.05) is 36.7 Å². The highest BCUT2D eigenvalue weighted by molar-refractivity contribution is 9.10. The molecule has 0 amide bonds. The highest BCUT2D eigenvalue weighted by atomic mass is 79.9. The second-order valence-corrected chi connectivity index (χ2v) is 6.82. The first-order valence-corrected chi connectivity index (χ1v) is 8.48. The maximum Gasteiger partial charge on any atom is 0.0521 e. The summed E-state index contributed by atoms with van der Waals surface area (Å²) in [5.74, 6) is 1.08. The molecule has 0 bridgehead atoms. The zero-order valence-corrected chi connectivity index (χ0v) is 14.2. The van der Waals surface area contributed by atoms with Crippen molar-refractivity contribution in [1.82, 2.24) is 15.1 Å². The van der Waals surface area contributed by atoms with Crippen molar-refractivity contribution in [3.05, 3.63) is 46.7 Å². The summed E-state index contributed by atoms with van der Waals surface area (Å²) in [6, 6.07) is 8.97. The Hall–Kier alpha value is -0.780. The Morgan fingerprint density at radius 1 is 1.45 bits per heavy atom. The van der Waals surface area contributed by atoms with Crippen LogP contribution in [0.4, 0.5) is 0 Å². The van der Waals surface area contributed by atoms with E-state index < -0.39 is 0 Å². The van der Waals surface area contributed by atoms with Gasteiger partial charge in [0, 0.05) is 34.4 Å². The van der Waals surface area contributed by atoms with E-state index in [4.69, 9.17) is 0 Å². The van der Waals surface area contributed by atoms with Crippen molar-refractivity contribution in [3.63, 3.8) is 0 Å². The summed E-state index contributed by atoms with van der Waals surface area (Å²) in [4.78, 5) is 1.31. The first-order valence-electron chi connectivity index (χ1n) is 6.70.